The van der Waals surface area contributed by atoms with Gasteiger partial charge in [0, 0.05) is 94.4 Å². The number of pyridine rings is 2. The lowest BCUT2D eigenvalue weighted by atomic mass is 9.92. The number of hydrogen-bond acceptors (Lipinski definition) is 12. The first-order valence-corrected chi connectivity index (χ1v) is 35.1. The normalized spacial score (nSPS) is 12.0. The van der Waals surface area contributed by atoms with E-state index in [2.05, 4.69) is 216 Å². The minimum Gasteiger partial charge on any atom is -0.456 e. The molecule has 22 aromatic rings. The molecule has 12 heteroatoms. The molecule has 492 valence electrons. The Bertz CT molecular complexity index is 7440. The van der Waals surface area contributed by atoms with Gasteiger partial charge in [-0.05, 0) is 150 Å². The minimum atomic E-state index is 0.512. The summed E-state index contributed by atoms with van der Waals surface area (Å²) in [4.78, 5) is 41.4. The van der Waals surface area contributed by atoms with E-state index in [4.69, 9.17) is 47.6 Å². The van der Waals surface area contributed by atoms with Gasteiger partial charge >= 0.3 is 0 Å². The molecular formula is C94H52N8O4. The van der Waals surface area contributed by atoms with E-state index in [0.29, 0.717) is 40.5 Å². The Morgan fingerprint density at radius 1 is 0.189 bits per heavy atom. The van der Waals surface area contributed by atoms with Crippen LogP contribution in [0.5, 0.6) is 0 Å². The molecule has 12 nitrogen and oxygen atoms in total. The molecule has 0 fully saturated rings. The van der Waals surface area contributed by atoms with Gasteiger partial charge in [-0.25, -0.2) is 29.9 Å². The Labute approximate surface area is 602 Å². The van der Waals surface area contributed by atoms with Crippen LogP contribution >= 0.6 is 0 Å². The molecule has 0 aliphatic heterocycles. The molecule has 106 heavy (non-hydrogen) atoms. The van der Waals surface area contributed by atoms with Crippen molar-refractivity contribution in [2.75, 3.05) is 0 Å². The third-order valence-corrected chi connectivity index (χ3v) is 20.8. The fraction of sp³-hybridized carbons (Fsp3) is 0. The van der Waals surface area contributed by atoms with Gasteiger partial charge in [0.2, 0.25) is 0 Å². The van der Waals surface area contributed by atoms with Gasteiger partial charge in [0.15, 0.2) is 46.1 Å². The number of aromatic nitrogens is 8. The minimum absolute atomic E-state index is 0.512. The molecule has 8 heterocycles. The molecule has 0 N–H and O–H groups in total. The second kappa shape index (κ2) is 23.5. The Morgan fingerprint density at radius 2 is 0.623 bits per heavy atom. The molecule has 0 amide bonds. The lowest BCUT2D eigenvalue weighted by molar-refractivity contribution is 0.666. The van der Waals surface area contributed by atoms with Crippen LogP contribution in [0.4, 0.5) is 0 Å². The smallest absolute Gasteiger partial charge is 0.164 e. The summed E-state index contributed by atoms with van der Waals surface area (Å²) < 4.78 is 26.3. The van der Waals surface area contributed by atoms with Gasteiger partial charge in [-0.1, -0.05) is 212 Å². The SMILES string of the molecule is c1ccc(-c2cccc(-c3nc(-c4ccc(-c5cccc6oc7cnccc7c56)c5ccccc45)nc(-c4cccc5oc6c(-c7ccc8ccc(-c9nc(-c%10cc(-c%11cccc%12oc%13cnccc%13c%11%12)c%11ccccc%11c%10)nc(-c%10cccc%11oc%12ccccc%12c%10%11)n9)cc8c7)cccc6c45)n3)c2)cc1. The number of para-hydroxylation sites is 2. The third kappa shape index (κ3) is 9.48. The summed E-state index contributed by atoms with van der Waals surface area (Å²) in [5.74, 6) is 3.14. The van der Waals surface area contributed by atoms with E-state index in [9.17, 15) is 0 Å². The summed E-state index contributed by atoms with van der Waals surface area (Å²) in [5.41, 5.74) is 19.3. The number of benzene rings is 14. The summed E-state index contributed by atoms with van der Waals surface area (Å²) in [6, 6.07) is 101. The summed E-state index contributed by atoms with van der Waals surface area (Å²) >= 11 is 0. The van der Waals surface area contributed by atoms with Crippen molar-refractivity contribution in [1.29, 1.82) is 0 Å². The highest BCUT2D eigenvalue weighted by molar-refractivity contribution is 6.19. The van der Waals surface area contributed by atoms with Gasteiger partial charge < -0.3 is 17.7 Å². The number of fused-ring (bicyclic) bond motifs is 15. The van der Waals surface area contributed by atoms with Crippen molar-refractivity contribution < 1.29 is 17.7 Å². The van der Waals surface area contributed by atoms with Crippen LogP contribution in [0.1, 0.15) is 0 Å². The van der Waals surface area contributed by atoms with Gasteiger partial charge in [-0.3, -0.25) is 9.97 Å². The lowest BCUT2D eigenvalue weighted by Gasteiger charge is -2.14. The molecule has 0 aliphatic carbocycles. The van der Waals surface area contributed by atoms with Crippen LogP contribution in [0.15, 0.2) is 334 Å². The van der Waals surface area contributed by atoms with E-state index in [-0.39, 0.29) is 0 Å². The molecule has 0 saturated carbocycles. The quantitative estimate of drug-likeness (QED) is 0.128. The highest BCUT2D eigenvalue weighted by Gasteiger charge is 2.25. The molecule has 0 bridgehead atoms. The average Bonchev–Trinajstić information content (AvgIpc) is 1.54. The Morgan fingerprint density at radius 3 is 1.33 bits per heavy atom. The molecule has 0 saturated heterocycles. The van der Waals surface area contributed by atoms with E-state index in [1.165, 1.54) is 0 Å². The van der Waals surface area contributed by atoms with E-state index in [1.807, 2.05) is 97.3 Å². The summed E-state index contributed by atoms with van der Waals surface area (Å²) in [7, 11) is 0. The van der Waals surface area contributed by atoms with Crippen molar-refractivity contribution in [3.8, 4) is 113 Å². The molecule has 0 spiro atoms. The van der Waals surface area contributed by atoms with Crippen molar-refractivity contribution in [1.82, 2.24) is 39.9 Å². The number of furan rings is 4. The van der Waals surface area contributed by atoms with Crippen molar-refractivity contribution in [3.63, 3.8) is 0 Å². The van der Waals surface area contributed by atoms with Gasteiger partial charge in [-0.15, -0.1) is 0 Å². The Balaban J connectivity index is 0.689. The van der Waals surface area contributed by atoms with Crippen LogP contribution < -0.4 is 0 Å². The fourth-order valence-electron chi connectivity index (χ4n) is 15.9. The summed E-state index contributed by atoms with van der Waals surface area (Å²) in [6.45, 7) is 0. The van der Waals surface area contributed by atoms with Crippen LogP contribution in [0, 0.1) is 0 Å². The maximum atomic E-state index is 7.10. The van der Waals surface area contributed by atoms with Gasteiger partial charge in [0.25, 0.3) is 0 Å². The second-order valence-corrected chi connectivity index (χ2v) is 26.8. The zero-order chi connectivity index (χ0) is 69.5. The third-order valence-electron chi connectivity index (χ3n) is 20.8. The van der Waals surface area contributed by atoms with Crippen LogP contribution in [0.3, 0.4) is 0 Å². The highest BCUT2D eigenvalue weighted by atomic mass is 16.3. The van der Waals surface area contributed by atoms with E-state index >= 15 is 0 Å². The molecular weight excluding hydrogens is 1310 g/mol. The maximum absolute atomic E-state index is 7.10. The topological polar surface area (TPSA) is 156 Å². The highest BCUT2D eigenvalue weighted by Crippen LogP contribution is 2.47. The number of nitrogens with zero attached hydrogens (tertiary/aromatic N) is 8. The molecule has 0 atom stereocenters. The van der Waals surface area contributed by atoms with Gasteiger partial charge in [-0.2, -0.15) is 0 Å². The van der Waals surface area contributed by atoms with Crippen molar-refractivity contribution in [2.45, 2.75) is 0 Å². The van der Waals surface area contributed by atoms with Crippen LogP contribution in [0.25, 0.3) is 233 Å². The summed E-state index contributed by atoms with van der Waals surface area (Å²) in [6.07, 6.45) is 7.19. The fourth-order valence-corrected chi connectivity index (χ4v) is 15.9. The molecule has 0 unspecified atom stereocenters. The van der Waals surface area contributed by atoms with E-state index in [0.717, 1.165) is 192 Å². The number of rotatable bonds is 10. The van der Waals surface area contributed by atoms with Gasteiger partial charge in [0.05, 0.1) is 12.4 Å². The van der Waals surface area contributed by atoms with Crippen LogP contribution in [-0.2, 0) is 0 Å². The molecule has 8 aromatic heterocycles. The molecule has 22 rings (SSSR count). The van der Waals surface area contributed by atoms with Crippen molar-refractivity contribution >= 4 is 120 Å². The van der Waals surface area contributed by atoms with E-state index in [1.54, 1.807) is 12.4 Å². The maximum Gasteiger partial charge on any atom is 0.164 e. The monoisotopic (exact) mass is 1360 g/mol. The Kier molecular flexibility index (Phi) is 13.1. The summed E-state index contributed by atoms with van der Waals surface area (Å²) in [5, 5.41) is 14.0. The first kappa shape index (κ1) is 59.1. The molecule has 0 aliphatic rings. The standard InChI is InChI=1S/C94H52N8O4/c1-2-16-53(17-3-1)55-19-10-20-58(46-55)89-98-92(69-41-40-66(64-22-6-7-23-65(64)69)67-26-12-32-78-84(67)71-42-44-95-51-82(71)104-78)102-94(99-89)75-30-15-35-81-87(75)73-28-11-25-63(88(73)106-81)57-38-36-54-37-39-59(49-60(54)47-57)90-97-91(101-93(100-90)74-29-14-34-80-86(74)70-24-8-9-31-77(70)103-80)61-48-56-18-4-5-21-62(56)76(50-61)68-27-13-33-79-85(68)72-43-45-96-52-83(72)105-79/h1-52H. The van der Waals surface area contributed by atoms with Crippen molar-refractivity contribution in [2.24, 2.45) is 0 Å². The Hall–Kier alpha value is -14.6. The average molecular weight is 1360 g/mol. The van der Waals surface area contributed by atoms with Crippen LogP contribution in [-0.4, -0.2) is 39.9 Å². The van der Waals surface area contributed by atoms with Crippen molar-refractivity contribution in [3.05, 3.63) is 316 Å². The second-order valence-electron chi connectivity index (χ2n) is 26.8. The van der Waals surface area contributed by atoms with Crippen LogP contribution in [0.2, 0.25) is 0 Å². The molecule has 14 aromatic carbocycles. The predicted octanol–water partition coefficient (Wildman–Crippen LogP) is 24.6. The number of hydrogen-bond donors (Lipinski definition) is 0. The predicted molar refractivity (Wildman–Crippen MR) is 425 cm³/mol. The first-order chi connectivity index (χ1) is 52.5. The zero-order valence-electron chi connectivity index (χ0n) is 56.2. The first-order valence-electron chi connectivity index (χ1n) is 35.1. The largest absolute Gasteiger partial charge is 0.456 e. The van der Waals surface area contributed by atoms with Gasteiger partial charge in [0.1, 0.15) is 33.5 Å². The van der Waals surface area contributed by atoms with E-state index < -0.39 is 0 Å². The lowest BCUT2D eigenvalue weighted by Crippen LogP contribution is -2.01. The molecule has 0 radical (unpaired) electrons. The zero-order valence-corrected chi connectivity index (χ0v) is 56.2.